The van der Waals surface area contributed by atoms with Crippen molar-refractivity contribution in [1.29, 1.82) is 0 Å². The second-order valence-corrected chi connectivity index (χ2v) is 15.3. The third-order valence-electron chi connectivity index (χ3n) is 2.74. The van der Waals surface area contributed by atoms with Gasteiger partial charge in [-0.05, 0) is 45.2 Å². The second-order valence-electron chi connectivity index (χ2n) is 6.21. The Bertz CT molecular complexity index is 261. The molecule has 0 aliphatic carbocycles. The lowest BCUT2D eigenvalue weighted by atomic mass is 10.4. The number of amides is 1. The highest BCUT2D eigenvalue weighted by Crippen LogP contribution is 2.20. The van der Waals surface area contributed by atoms with Crippen LogP contribution in [0.5, 0.6) is 0 Å². The van der Waals surface area contributed by atoms with Gasteiger partial charge in [-0.3, -0.25) is 4.79 Å². The van der Waals surface area contributed by atoms with Crippen molar-refractivity contribution in [3.8, 4) is 0 Å². The van der Waals surface area contributed by atoms with Crippen molar-refractivity contribution in [2.75, 3.05) is 13.1 Å². The highest BCUT2D eigenvalue weighted by Gasteiger charge is 2.31. The Hall–Kier alpha value is -0.136. The molecule has 0 spiro atoms. The van der Waals surface area contributed by atoms with Crippen LogP contribution < -0.4 is 0 Å². The molecule has 0 radical (unpaired) electrons. The van der Waals surface area contributed by atoms with E-state index in [1.807, 2.05) is 4.90 Å². The van der Waals surface area contributed by atoms with Gasteiger partial charge in [0.2, 0.25) is 5.91 Å². The summed E-state index contributed by atoms with van der Waals surface area (Å²) in [6.45, 7) is 13.1. The largest absolute Gasteiger partial charge is 0.456 e. The molecule has 1 aliphatic rings. The van der Waals surface area contributed by atoms with Gasteiger partial charge in [0.1, 0.15) is 0 Å². The van der Waals surface area contributed by atoms with E-state index in [0.717, 1.165) is 32.0 Å². The van der Waals surface area contributed by atoms with Gasteiger partial charge in [0.05, 0.1) is 0 Å². The smallest absolute Gasteiger partial charge is 0.222 e. The van der Waals surface area contributed by atoms with Crippen molar-refractivity contribution in [2.24, 2.45) is 0 Å². The SMILES string of the molecule is C[Si](C)(C)O[Si](C)(C)CCN1CCCC1=O. The van der Waals surface area contributed by atoms with E-state index in [1.54, 1.807) is 0 Å². The highest BCUT2D eigenvalue weighted by molar-refractivity contribution is 6.84. The Morgan fingerprint density at radius 1 is 1.25 bits per heavy atom. The van der Waals surface area contributed by atoms with Crippen molar-refractivity contribution in [3.63, 3.8) is 0 Å². The maximum Gasteiger partial charge on any atom is 0.222 e. The molecule has 0 aromatic heterocycles. The average molecular weight is 259 g/mol. The van der Waals surface area contributed by atoms with Crippen molar-refractivity contribution >= 4 is 22.5 Å². The first-order valence-electron chi connectivity index (χ1n) is 6.18. The maximum atomic E-state index is 11.5. The predicted molar refractivity (Wildman–Crippen MR) is 72.5 cm³/mol. The minimum absolute atomic E-state index is 0.331. The number of nitrogens with zero attached hydrogens (tertiary/aromatic N) is 1. The fraction of sp³-hybridized carbons (Fsp3) is 0.909. The third kappa shape index (κ3) is 4.80. The summed E-state index contributed by atoms with van der Waals surface area (Å²) >= 11 is 0. The van der Waals surface area contributed by atoms with Gasteiger partial charge in [-0.25, -0.2) is 0 Å². The summed E-state index contributed by atoms with van der Waals surface area (Å²) in [6.07, 6.45) is 1.78. The Balaban J connectivity index is 2.38. The van der Waals surface area contributed by atoms with Crippen molar-refractivity contribution in [3.05, 3.63) is 0 Å². The van der Waals surface area contributed by atoms with Crippen LogP contribution in [0.15, 0.2) is 0 Å². The second kappa shape index (κ2) is 5.02. The first-order valence-corrected chi connectivity index (χ1v) is 12.7. The molecule has 1 aliphatic heterocycles. The fourth-order valence-electron chi connectivity index (χ4n) is 2.22. The van der Waals surface area contributed by atoms with Crippen LogP contribution >= 0.6 is 0 Å². The zero-order chi connectivity index (χ0) is 12.4. The Labute approximate surface area is 101 Å². The minimum Gasteiger partial charge on any atom is -0.456 e. The number of carbonyl (C=O) groups is 1. The molecule has 94 valence electrons. The Morgan fingerprint density at radius 2 is 1.88 bits per heavy atom. The van der Waals surface area contributed by atoms with Crippen LogP contribution in [0.2, 0.25) is 38.8 Å². The van der Waals surface area contributed by atoms with Crippen molar-refractivity contribution in [2.45, 2.75) is 51.6 Å². The van der Waals surface area contributed by atoms with E-state index < -0.39 is 16.6 Å². The normalized spacial score (nSPS) is 18.3. The molecule has 16 heavy (non-hydrogen) atoms. The molecule has 0 bridgehead atoms. The van der Waals surface area contributed by atoms with Crippen LogP contribution in [0.3, 0.4) is 0 Å². The van der Waals surface area contributed by atoms with Gasteiger partial charge in [-0.15, -0.1) is 0 Å². The fourth-order valence-corrected chi connectivity index (χ4v) is 10.1. The standard InChI is InChI=1S/C11H25NO2Si2/c1-15(2,3)14-16(4,5)10-9-12-8-6-7-11(12)13/h6-10H2,1-5H3. The lowest BCUT2D eigenvalue weighted by Crippen LogP contribution is -2.44. The lowest BCUT2D eigenvalue weighted by Gasteiger charge is -2.32. The zero-order valence-electron chi connectivity index (χ0n) is 11.3. The van der Waals surface area contributed by atoms with E-state index in [4.69, 9.17) is 4.12 Å². The summed E-state index contributed by atoms with van der Waals surface area (Å²) in [7, 11) is -3.00. The lowest BCUT2D eigenvalue weighted by molar-refractivity contribution is -0.127. The van der Waals surface area contributed by atoms with Crippen LogP contribution in [0.25, 0.3) is 0 Å². The molecule has 3 nitrogen and oxygen atoms in total. The molecular weight excluding hydrogens is 234 g/mol. The van der Waals surface area contributed by atoms with Gasteiger partial charge in [0.25, 0.3) is 0 Å². The average Bonchev–Trinajstić information content (AvgIpc) is 2.43. The van der Waals surface area contributed by atoms with Crippen LogP contribution in [0, 0.1) is 0 Å². The monoisotopic (exact) mass is 259 g/mol. The van der Waals surface area contributed by atoms with Gasteiger partial charge >= 0.3 is 0 Å². The number of carbonyl (C=O) groups excluding carboxylic acids is 1. The maximum absolute atomic E-state index is 11.5. The van der Waals surface area contributed by atoms with Crippen LogP contribution in [-0.4, -0.2) is 40.5 Å². The molecule has 5 heteroatoms. The topological polar surface area (TPSA) is 29.5 Å². The van der Waals surface area contributed by atoms with E-state index in [2.05, 4.69) is 32.7 Å². The summed E-state index contributed by atoms with van der Waals surface area (Å²) < 4.78 is 6.26. The predicted octanol–water partition coefficient (Wildman–Crippen LogP) is 2.67. The molecular formula is C11H25NO2Si2. The van der Waals surface area contributed by atoms with Crippen LogP contribution in [0.4, 0.5) is 0 Å². The Morgan fingerprint density at radius 3 is 2.31 bits per heavy atom. The van der Waals surface area contributed by atoms with Gasteiger partial charge < -0.3 is 9.02 Å². The molecule has 1 saturated heterocycles. The van der Waals surface area contributed by atoms with Crippen molar-refractivity contribution < 1.29 is 8.91 Å². The molecule has 0 saturated carbocycles. The molecule has 0 atom stereocenters. The molecule has 1 amide bonds. The molecule has 0 aromatic carbocycles. The number of hydrogen-bond acceptors (Lipinski definition) is 2. The third-order valence-corrected chi connectivity index (χ3v) is 8.83. The molecule has 0 unspecified atom stereocenters. The summed E-state index contributed by atoms with van der Waals surface area (Å²) in [5.74, 6) is 0.331. The first kappa shape index (κ1) is 13.9. The number of hydrogen-bond donors (Lipinski definition) is 0. The first-order chi connectivity index (χ1) is 7.20. The van der Waals surface area contributed by atoms with E-state index in [1.165, 1.54) is 0 Å². The van der Waals surface area contributed by atoms with E-state index >= 15 is 0 Å². The summed E-state index contributed by atoms with van der Waals surface area (Å²) in [6, 6.07) is 1.07. The molecule has 1 fully saturated rings. The van der Waals surface area contributed by atoms with Gasteiger partial charge in [-0.1, -0.05) is 0 Å². The summed E-state index contributed by atoms with van der Waals surface area (Å²) in [5.41, 5.74) is 0. The number of rotatable bonds is 5. The van der Waals surface area contributed by atoms with Crippen molar-refractivity contribution in [1.82, 2.24) is 4.90 Å². The molecule has 0 aromatic rings. The molecule has 0 N–H and O–H groups in total. The molecule has 1 heterocycles. The van der Waals surface area contributed by atoms with E-state index in [0.29, 0.717) is 5.91 Å². The highest BCUT2D eigenvalue weighted by atomic mass is 28.4. The van der Waals surface area contributed by atoms with Gasteiger partial charge in [0.15, 0.2) is 16.6 Å². The Kier molecular flexibility index (Phi) is 4.37. The quantitative estimate of drug-likeness (QED) is 0.711. The number of likely N-dealkylation sites (tertiary alicyclic amines) is 1. The molecule has 1 rings (SSSR count). The minimum atomic E-state index is -1.57. The van der Waals surface area contributed by atoms with Gasteiger partial charge in [0, 0.05) is 19.5 Å². The zero-order valence-corrected chi connectivity index (χ0v) is 13.3. The van der Waals surface area contributed by atoms with Crippen LogP contribution in [0.1, 0.15) is 12.8 Å². The van der Waals surface area contributed by atoms with E-state index in [-0.39, 0.29) is 0 Å². The van der Waals surface area contributed by atoms with Gasteiger partial charge in [-0.2, -0.15) is 0 Å². The summed E-state index contributed by atoms with van der Waals surface area (Å²) in [4.78, 5) is 13.5. The van der Waals surface area contributed by atoms with Crippen LogP contribution in [-0.2, 0) is 8.91 Å². The summed E-state index contributed by atoms with van der Waals surface area (Å²) in [5, 5.41) is 0. The van der Waals surface area contributed by atoms with E-state index in [9.17, 15) is 4.79 Å².